The highest BCUT2D eigenvalue weighted by molar-refractivity contribution is 6.00. The van der Waals surface area contributed by atoms with E-state index >= 15 is 0 Å². The molecule has 6 saturated heterocycles. The van der Waals surface area contributed by atoms with Crippen molar-refractivity contribution in [2.45, 2.75) is 77.0 Å². The zero-order valence-corrected chi connectivity index (χ0v) is 77.8. The molecule has 26 heteroatoms. The predicted molar refractivity (Wildman–Crippen MR) is 538 cm³/mol. The van der Waals surface area contributed by atoms with Crippen LogP contribution in [0, 0.1) is 45.3 Å². The maximum absolute atomic E-state index is 10.2. The zero-order chi connectivity index (χ0) is 94.8. The summed E-state index contributed by atoms with van der Waals surface area (Å²) in [4.78, 5) is 44.1. The quantitative estimate of drug-likeness (QED) is 0.0395. The molecule has 0 amide bonds. The van der Waals surface area contributed by atoms with Gasteiger partial charge in [-0.1, -0.05) is 103 Å². The highest BCUT2D eigenvalue weighted by Gasteiger charge is 2.29. The van der Waals surface area contributed by atoms with E-state index in [1.807, 2.05) is 138 Å². The van der Waals surface area contributed by atoms with Gasteiger partial charge in [0.25, 0.3) is 0 Å². The number of hydrogen-bond acceptors (Lipinski definition) is 22. The first kappa shape index (κ1) is 92.4. The topological polar surface area (TPSA) is 342 Å². The second-order valence-electron chi connectivity index (χ2n) is 36.7. The van der Waals surface area contributed by atoms with Crippen molar-refractivity contribution in [1.82, 2.24) is 49.7 Å². The molecule has 138 heavy (non-hydrogen) atoms. The van der Waals surface area contributed by atoms with E-state index in [9.17, 15) is 36.4 Å². The summed E-state index contributed by atoms with van der Waals surface area (Å²) < 4.78 is 33.4. The molecule has 0 atom stereocenters. The number of β-amino-alcohol motifs (C(OH)–C–C–N with tert-alkyl or cyclic N) is 1. The summed E-state index contributed by atoms with van der Waals surface area (Å²) in [6.07, 6.45) is 8.61. The molecule has 0 bridgehead atoms. The van der Waals surface area contributed by atoms with E-state index in [2.05, 4.69) is 170 Å². The lowest BCUT2D eigenvalue weighted by molar-refractivity contribution is 0.0254. The van der Waals surface area contributed by atoms with Crippen LogP contribution in [0.5, 0.6) is 5.75 Å². The minimum atomic E-state index is -0.880. The van der Waals surface area contributed by atoms with Gasteiger partial charge >= 0.3 is 0 Å². The van der Waals surface area contributed by atoms with Gasteiger partial charge in [0, 0.05) is 222 Å². The van der Waals surface area contributed by atoms with Gasteiger partial charge in [-0.25, -0.2) is 0 Å². The molecular weight excluding hydrogens is 1730 g/mol. The molecule has 0 radical (unpaired) electrons. The smallest absolute Gasteiger partial charge is 0.137 e. The van der Waals surface area contributed by atoms with Crippen LogP contribution in [0.2, 0.25) is 0 Å². The standard InChI is InChI=1S/C29H29N5O2.C28H28N4O2.C28H27N3O3.C27H25N5O2/c30-19-24-17-22(1-2-23(24)20-33-9-13-35-14-10-33)29-26-18-28(32-27(26)7-8-31-29)21-3-5-25(6-4-21)34-11-15-36-16-12-34;1-28(2,33)23-7-5-19(6-8-23)26-16-24-25(31-26)9-10-30-27(24)20-3-4-21(22(15-20)17-29)18-32-11-13-34-14-12-32;1-28(2,32)21-6-3-18(4-7-21)25-16-23-24(31-25)9-12-30-27(23)19-5-8-26(20(15-19)17-29)34-22-10-13-33-14-11-22;28-15-20-12-19(4-5-26(20)32-16-22(33)17-32)27-23-14-25(30-24(23)6-7-29-27)18-2-1-3-21(13-18)31-8-10-34-11-9-31/h1-8,17-18,32H,9-16,20H2;3-10,15-16,31,33H,11-14,18H2,1-2H3;3-9,12,15-16,22,31-32H,10-11,13-14H2,1-2H3;1-7,12-14,22,30,33H,8-11,16-17H2. The summed E-state index contributed by atoms with van der Waals surface area (Å²) in [5.74, 6) is 0.604. The molecule has 22 rings (SSSR count). The van der Waals surface area contributed by atoms with Crippen LogP contribution < -0.4 is 19.4 Å². The van der Waals surface area contributed by atoms with Crippen molar-refractivity contribution in [1.29, 1.82) is 21.0 Å². The largest absolute Gasteiger partial charge is 0.489 e. The van der Waals surface area contributed by atoms with Crippen LogP contribution >= 0.6 is 0 Å². The van der Waals surface area contributed by atoms with Crippen LogP contribution in [0.15, 0.2) is 243 Å². The summed E-state index contributed by atoms with van der Waals surface area (Å²) in [6.45, 7) is 24.4. The number of fused-ring (bicyclic) bond motifs is 4. The lowest BCUT2D eigenvalue weighted by atomic mass is 9.96. The predicted octanol–water partition coefficient (Wildman–Crippen LogP) is 18.6. The fourth-order valence-corrected chi connectivity index (χ4v) is 18.7. The van der Waals surface area contributed by atoms with E-state index in [0.29, 0.717) is 54.3 Å². The maximum atomic E-state index is 10.2. The molecule has 0 saturated carbocycles. The zero-order valence-electron chi connectivity index (χ0n) is 77.8. The van der Waals surface area contributed by atoms with Crippen molar-refractivity contribution in [3.8, 4) is 120 Å². The van der Waals surface area contributed by atoms with Crippen LogP contribution in [0.3, 0.4) is 0 Å². The SMILES string of the molecule is CC(C)(O)c1ccc(-c2cc3c(-c4ccc(CN5CCOCC5)c(C#N)c4)nccc3[nH]2)cc1.CC(C)(O)c1ccc(-c2cc3c(-c4ccc(OC5CCOCC5)c(C#N)c4)nccc3[nH]2)cc1.N#Cc1cc(-c2nccc3[nH]c(-c4ccc(N5CCOCC5)cc4)cc23)ccc1CN1CCOCC1.N#Cc1cc(-c2nccc3[nH]c(-c4cccc(N5CCOCC5)c4)cc23)ccc1N1CC(O)C1. The van der Waals surface area contributed by atoms with Gasteiger partial charge < -0.3 is 78.4 Å². The maximum Gasteiger partial charge on any atom is 0.137 e. The van der Waals surface area contributed by atoms with Crippen LogP contribution in [-0.4, -0.2) is 209 Å². The summed E-state index contributed by atoms with van der Waals surface area (Å²) in [5.41, 5.74) is 27.2. The average molecular weight is 1840 g/mol. The number of aliphatic hydroxyl groups excluding tert-OH is 1. The Bertz CT molecular complexity index is 7000. The van der Waals surface area contributed by atoms with Crippen LogP contribution in [-0.2, 0) is 48.0 Å². The molecule has 7 N–H and O–H groups in total. The van der Waals surface area contributed by atoms with Gasteiger partial charge in [-0.2, -0.15) is 21.0 Å². The van der Waals surface area contributed by atoms with E-state index in [1.165, 1.54) is 11.4 Å². The average Bonchev–Trinajstić information content (AvgIpc) is 1.63. The van der Waals surface area contributed by atoms with Gasteiger partial charge in [0.1, 0.15) is 24.0 Å². The molecule has 0 unspecified atom stereocenters. The van der Waals surface area contributed by atoms with Crippen molar-refractivity contribution < 1.29 is 43.7 Å². The highest BCUT2D eigenvalue weighted by atomic mass is 16.5. The number of aromatic amines is 4. The number of nitriles is 4. The lowest BCUT2D eigenvalue weighted by Gasteiger charge is -2.38. The number of H-pyrrole nitrogens is 4. The van der Waals surface area contributed by atoms with Crippen molar-refractivity contribution in [3.63, 3.8) is 0 Å². The molecule has 26 nitrogen and oxygen atoms in total. The number of nitrogens with zero attached hydrogens (tertiary/aromatic N) is 13. The van der Waals surface area contributed by atoms with Gasteiger partial charge in [0.05, 0.1) is 146 Å². The van der Waals surface area contributed by atoms with Gasteiger partial charge in [-0.15, -0.1) is 0 Å². The Balaban J connectivity index is 0.000000118. The number of aromatic nitrogens is 8. The molecule has 14 heterocycles. The van der Waals surface area contributed by atoms with E-state index in [0.717, 1.165) is 293 Å². The fraction of sp³-hybridized carbons (Fsp3) is 0.286. The first-order chi connectivity index (χ1) is 67.3. The molecule has 8 aromatic heterocycles. The minimum Gasteiger partial charge on any atom is -0.489 e. The third-order valence-corrected chi connectivity index (χ3v) is 26.5. The van der Waals surface area contributed by atoms with Crippen molar-refractivity contribution >= 4 is 60.7 Å². The number of hydrogen-bond donors (Lipinski definition) is 7. The Hall–Kier alpha value is -14.7. The lowest BCUT2D eigenvalue weighted by Crippen LogP contribution is -2.51. The Labute approximate surface area is 801 Å². The van der Waals surface area contributed by atoms with Crippen molar-refractivity contribution in [2.75, 3.05) is 146 Å². The van der Waals surface area contributed by atoms with Crippen molar-refractivity contribution in [2.24, 2.45) is 0 Å². The first-order valence-corrected chi connectivity index (χ1v) is 47.2. The summed E-state index contributed by atoms with van der Waals surface area (Å²) >= 11 is 0. The number of benzene rings is 8. The second-order valence-corrected chi connectivity index (χ2v) is 36.7. The number of aliphatic hydroxyl groups is 3. The molecule has 6 aliphatic rings. The minimum absolute atomic E-state index is 0.0725. The van der Waals surface area contributed by atoms with Crippen LogP contribution in [0.25, 0.3) is 134 Å². The van der Waals surface area contributed by atoms with Crippen LogP contribution in [0.1, 0.15) is 85.0 Å². The van der Waals surface area contributed by atoms with Gasteiger partial charge in [0.15, 0.2) is 0 Å². The first-order valence-electron chi connectivity index (χ1n) is 47.2. The molecule has 6 fully saturated rings. The van der Waals surface area contributed by atoms with E-state index in [-0.39, 0.29) is 12.2 Å². The second kappa shape index (κ2) is 41.5. The summed E-state index contributed by atoms with van der Waals surface area (Å²) in [6, 6.07) is 82.5. The number of morpholine rings is 4. The highest BCUT2D eigenvalue weighted by Crippen LogP contribution is 2.41. The fourth-order valence-electron chi connectivity index (χ4n) is 18.7. The monoisotopic (exact) mass is 1840 g/mol. The third kappa shape index (κ3) is 21.0. The van der Waals surface area contributed by atoms with E-state index in [1.54, 1.807) is 46.3 Å². The van der Waals surface area contributed by atoms with Gasteiger partial charge in [0.2, 0.25) is 0 Å². The molecule has 696 valence electrons. The van der Waals surface area contributed by atoms with Gasteiger partial charge in [-0.3, -0.25) is 29.7 Å². The Morgan fingerprint density at radius 1 is 0.355 bits per heavy atom. The van der Waals surface area contributed by atoms with Crippen molar-refractivity contribution in [3.05, 3.63) is 288 Å². The molecule has 8 aromatic carbocycles. The number of rotatable bonds is 19. The molecule has 6 aliphatic heterocycles. The number of anilines is 3. The molecule has 16 aromatic rings. The Morgan fingerprint density at radius 3 is 1.10 bits per heavy atom. The number of nitrogens with one attached hydrogen (secondary N) is 4. The normalized spacial score (nSPS) is 15.7. The summed E-state index contributed by atoms with van der Waals surface area (Å²) in [5, 5.41) is 73.4. The van der Waals surface area contributed by atoms with Gasteiger partial charge in [-0.05, 0) is 182 Å². The molecule has 0 aliphatic carbocycles. The Morgan fingerprint density at radius 2 is 0.703 bits per heavy atom. The number of pyridine rings is 4. The summed E-state index contributed by atoms with van der Waals surface area (Å²) in [7, 11) is 0. The van der Waals surface area contributed by atoms with E-state index < -0.39 is 11.2 Å². The third-order valence-electron chi connectivity index (χ3n) is 26.5. The molecular formula is C112H109N17O9. The van der Waals surface area contributed by atoms with E-state index in [4.69, 9.17) is 33.4 Å². The Kier molecular flexibility index (Phi) is 27.7. The number of ether oxygens (including phenoxy) is 6. The molecule has 0 spiro atoms. The van der Waals surface area contributed by atoms with Crippen LogP contribution in [0.4, 0.5) is 17.1 Å².